The molecule has 1 aromatic rings. The van der Waals surface area contributed by atoms with Gasteiger partial charge in [-0.1, -0.05) is 40.6 Å². The number of azide groups is 2. The van der Waals surface area contributed by atoms with Gasteiger partial charge in [0.2, 0.25) is 0 Å². The molecule has 0 aromatic heterocycles. The summed E-state index contributed by atoms with van der Waals surface area (Å²) in [5.74, 6) is -0.109. The molecule has 0 bridgehead atoms. The van der Waals surface area contributed by atoms with Gasteiger partial charge in [0.1, 0.15) is 12.2 Å². The number of carbonyl (C=O) groups excluding carboxylic acids is 2. The summed E-state index contributed by atoms with van der Waals surface area (Å²) in [6, 6.07) is 8.25. The first kappa shape index (κ1) is 25.0. The van der Waals surface area contributed by atoms with Crippen molar-refractivity contribution < 1.29 is 19.1 Å². The molecule has 0 fully saturated rings. The van der Waals surface area contributed by atoms with E-state index in [0.29, 0.717) is 0 Å². The SMILES string of the molecule is CC(C)(C)OC(=O)CCS[C@@H](NC(=O)OCc1ccccc1)[C@@H](CN=[N+]=[N-])N=[N+]=[N-]. The maximum atomic E-state index is 12.2. The summed E-state index contributed by atoms with van der Waals surface area (Å²) in [5.41, 5.74) is 17.6. The summed E-state index contributed by atoms with van der Waals surface area (Å²) in [5, 5.41) is 8.86. The molecule has 0 radical (unpaired) electrons. The first-order valence-corrected chi connectivity index (χ1v) is 10.2. The van der Waals surface area contributed by atoms with Crippen molar-refractivity contribution in [3.63, 3.8) is 0 Å². The van der Waals surface area contributed by atoms with Crippen LogP contribution in [0, 0.1) is 0 Å². The molecule has 12 heteroatoms. The second kappa shape index (κ2) is 13.2. The average molecular weight is 436 g/mol. The number of nitrogens with zero attached hydrogens (tertiary/aromatic N) is 6. The van der Waals surface area contributed by atoms with Crippen LogP contribution in [0.4, 0.5) is 4.79 Å². The highest BCUT2D eigenvalue weighted by atomic mass is 32.2. The third-order valence-corrected chi connectivity index (χ3v) is 4.61. The van der Waals surface area contributed by atoms with Gasteiger partial charge in [-0.3, -0.25) is 4.79 Å². The molecule has 1 rings (SSSR count). The van der Waals surface area contributed by atoms with Crippen LogP contribution in [0.15, 0.2) is 40.6 Å². The topological polar surface area (TPSA) is 162 Å². The van der Waals surface area contributed by atoms with Crippen LogP contribution in [0.5, 0.6) is 0 Å². The van der Waals surface area contributed by atoms with Crippen LogP contribution in [-0.4, -0.2) is 41.4 Å². The summed E-state index contributed by atoms with van der Waals surface area (Å²) >= 11 is 1.16. The van der Waals surface area contributed by atoms with Crippen LogP contribution in [0.25, 0.3) is 20.9 Å². The summed E-state index contributed by atoms with van der Waals surface area (Å²) in [6.07, 6.45) is -0.642. The van der Waals surface area contributed by atoms with Gasteiger partial charge in [-0.25, -0.2) is 4.79 Å². The van der Waals surface area contributed by atoms with Gasteiger partial charge in [0.05, 0.1) is 17.8 Å². The molecule has 1 aromatic carbocycles. The van der Waals surface area contributed by atoms with Gasteiger partial charge in [0.15, 0.2) is 0 Å². The standard InChI is InChI=1S/C18H25N7O4S/c1-18(2,3)29-15(26)9-10-30-16(14(23-25-20)11-21-24-19)22-17(27)28-12-13-7-5-4-6-8-13/h4-8,14,16H,9-12H2,1-3H3,(H,22,27)/t14-,16-/m1/s1. The summed E-state index contributed by atoms with van der Waals surface area (Å²) < 4.78 is 10.4. The first-order valence-electron chi connectivity index (χ1n) is 9.11. The molecule has 2 atom stereocenters. The molecule has 30 heavy (non-hydrogen) atoms. The molecule has 0 aliphatic heterocycles. The zero-order valence-corrected chi connectivity index (χ0v) is 17.9. The van der Waals surface area contributed by atoms with E-state index in [4.69, 9.17) is 20.5 Å². The number of amides is 1. The molecule has 0 spiro atoms. The molecular weight excluding hydrogens is 410 g/mol. The maximum absolute atomic E-state index is 12.2. The van der Waals surface area contributed by atoms with Crippen LogP contribution in [-0.2, 0) is 20.9 Å². The van der Waals surface area contributed by atoms with Gasteiger partial charge in [-0.2, -0.15) is 0 Å². The molecule has 1 amide bonds. The second-order valence-electron chi connectivity index (χ2n) is 7.02. The minimum atomic E-state index is -0.862. The highest BCUT2D eigenvalue weighted by Crippen LogP contribution is 2.19. The molecule has 11 nitrogen and oxygen atoms in total. The lowest BCUT2D eigenvalue weighted by Crippen LogP contribution is -2.42. The smallest absolute Gasteiger partial charge is 0.408 e. The predicted molar refractivity (Wildman–Crippen MR) is 113 cm³/mol. The Hall–Kier alpha value is -3.07. The number of ether oxygens (including phenoxy) is 2. The Morgan fingerprint density at radius 3 is 2.50 bits per heavy atom. The van der Waals surface area contributed by atoms with Crippen LogP contribution >= 0.6 is 11.8 Å². The molecule has 0 heterocycles. The van der Waals surface area contributed by atoms with E-state index in [-0.39, 0.29) is 25.3 Å². The summed E-state index contributed by atoms with van der Waals surface area (Å²) in [4.78, 5) is 29.5. The van der Waals surface area contributed by atoms with E-state index in [1.807, 2.05) is 30.3 Å². The molecule has 0 aliphatic rings. The fourth-order valence-corrected chi connectivity index (χ4v) is 3.25. The summed E-state index contributed by atoms with van der Waals surface area (Å²) in [7, 11) is 0. The normalized spacial score (nSPS) is 12.5. The first-order chi connectivity index (χ1) is 14.2. The zero-order chi connectivity index (χ0) is 22.4. The Morgan fingerprint density at radius 2 is 1.90 bits per heavy atom. The number of hydrogen-bond donors (Lipinski definition) is 1. The second-order valence-corrected chi connectivity index (χ2v) is 8.27. The van der Waals surface area contributed by atoms with Gasteiger partial charge >= 0.3 is 12.1 Å². The fourth-order valence-electron chi connectivity index (χ4n) is 2.17. The van der Waals surface area contributed by atoms with E-state index in [1.54, 1.807) is 20.8 Å². The Balaban J connectivity index is 2.72. The van der Waals surface area contributed by atoms with Crippen molar-refractivity contribution in [3.8, 4) is 0 Å². The third-order valence-electron chi connectivity index (χ3n) is 3.38. The van der Waals surface area contributed by atoms with Gasteiger partial charge < -0.3 is 14.8 Å². The van der Waals surface area contributed by atoms with Crippen LogP contribution in [0.2, 0.25) is 0 Å². The van der Waals surface area contributed by atoms with E-state index in [9.17, 15) is 9.59 Å². The molecule has 0 aliphatic carbocycles. The van der Waals surface area contributed by atoms with Crippen LogP contribution in [0.1, 0.15) is 32.8 Å². The van der Waals surface area contributed by atoms with E-state index < -0.39 is 29.1 Å². The number of rotatable bonds is 11. The molecule has 0 saturated carbocycles. The lowest BCUT2D eigenvalue weighted by Gasteiger charge is -2.23. The molecule has 0 saturated heterocycles. The van der Waals surface area contributed by atoms with Gasteiger partial charge in [-0.15, -0.1) is 11.8 Å². The lowest BCUT2D eigenvalue weighted by molar-refractivity contribution is -0.154. The number of benzene rings is 1. The molecule has 1 N–H and O–H groups in total. The van der Waals surface area contributed by atoms with Gasteiger partial charge in [0.25, 0.3) is 0 Å². The van der Waals surface area contributed by atoms with Crippen molar-refractivity contribution in [2.45, 2.75) is 50.8 Å². The van der Waals surface area contributed by atoms with Crippen molar-refractivity contribution in [1.29, 1.82) is 0 Å². The average Bonchev–Trinajstić information content (AvgIpc) is 2.68. The highest BCUT2D eigenvalue weighted by molar-refractivity contribution is 7.99. The van der Waals surface area contributed by atoms with E-state index >= 15 is 0 Å². The van der Waals surface area contributed by atoms with Gasteiger partial charge in [-0.05, 0) is 37.4 Å². The van der Waals surface area contributed by atoms with E-state index in [2.05, 4.69) is 25.4 Å². The lowest BCUT2D eigenvalue weighted by atomic mass is 10.2. The fraction of sp³-hybridized carbons (Fsp3) is 0.556. The Bertz CT molecular complexity index is 787. The zero-order valence-electron chi connectivity index (χ0n) is 17.1. The minimum absolute atomic E-state index is 0.0600. The number of alkyl carbamates (subject to hydrolysis) is 1. The minimum Gasteiger partial charge on any atom is -0.460 e. The Kier molecular flexibility index (Phi) is 11.0. The molecular formula is C18H25N7O4S. The molecule has 0 unspecified atom stereocenters. The number of hydrogen-bond acceptors (Lipinski definition) is 7. The third kappa shape index (κ3) is 11.1. The number of nitrogens with one attached hydrogen (secondary N) is 1. The van der Waals surface area contributed by atoms with Crippen molar-refractivity contribution in [2.24, 2.45) is 10.2 Å². The highest BCUT2D eigenvalue weighted by Gasteiger charge is 2.24. The van der Waals surface area contributed by atoms with E-state index in [0.717, 1.165) is 17.3 Å². The van der Waals surface area contributed by atoms with E-state index in [1.165, 1.54) is 0 Å². The van der Waals surface area contributed by atoms with Crippen molar-refractivity contribution in [1.82, 2.24) is 5.32 Å². The summed E-state index contributed by atoms with van der Waals surface area (Å²) in [6.45, 7) is 5.20. The number of carbonyl (C=O) groups is 2. The maximum Gasteiger partial charge on any atom is 0.408 e. The molecule has 162 valence electrons. The Labute approximate surface area is 178 Å². The van der Waals surface area contributed by atoms with Crippen LogP contribution < -0.4 is 5.32 Å². The largest absolute Gasteiger partial charge is 0.460 e. The van der Waals surface area contributed by atoms with Crippen molar-refractivity contribution in [3.05, 3.63) is 56.8 Å². The van der Waals surface area contributed by atoms with Crippen molar-refractivity contribution in [2.75, 3.05) is 12.3 Å². The number of thioether (sulfide) groups is 1. The Morgan fingerprint density at radius 1 is 1.20 bits per heavy atom. The van der Waals surface area contributed by atoms with Crippen molar-refractivity contribution >= 4 is 23.8 Å². The monoisotopic (exact) mass is 435 g/mol. The number of esters is 1. The van der Waals surface area contributed by atoms with Gasteiger partial charge in [0, 0.05) is 22.1 Å². The predicted octanol–water partition coefficient (Wildman–Crippen LogP) is 4.69. The van der Waals surface area contributed by atoms with Crippen LogP contribution in [0.3, 0.4) is 0 Å². The quantitative estimate of drug-likeness (QED) is 0.175.